The number of carbonyl (C=O) groups excluding carboxylic acids is 1. The predicted octanol–water partition coefficient (Wildman–Crippen LogP) is 3.54. The highest BCUT2D eigenvalue weighted by Gasteiger charge is 2.11. The van der Waals surface area contributed by atoms with Crippen molar-refractivity contribution in [3.8, 4) is 5.75 Å². The average Bonchev–Trinajstić information content (AvgIpc) is 2.78. The van der Waals surface area contributed by atoms with E-state index >= 15 is 0 Å². The standard InChI is InChI=1S/C15H14O4S/c1-9(16)11-4-3-5-13(6-11)19-8-12-7-14(15(17)18)20-10(12)2/h3-7H,8H2,1-2H3,(H,17,18). The molecule has 2 rings (SSSR count). The Bertz CT molecular complexity index is 658. The second-order valence-electron chi connectivity index (χ2n) is 4.37. The van der Waals surface area contributed by atoms with Gasteiger partial charge in [-0.05, 0) is 32.0 Å². The smallest absolute Gasteiger partial charge is 0.345 e. The molecule has 0 aliphatic rings. The molecule has 0 aliphatic heterocycles. The Morgan fingerprint density at radius 3 is 2.65 bits per heavy atom. The summed E-state index contributed by atoms with van der Waals surface area (Å²) in [6, 6.07) is 8.56. The highest BCUT2D eigenvalue weighted by Crippen LogP contribution is 2.23. The lowest BCUT2D eigenvalue weighted by Crippen LogP contribution is -1.98. The number of carboxylic acid groups (broad SMARTS) is 1. The molecule has 0 amide bonds. The van der Waals surface area contributed by atoms with Crippen LogP contribution in [0.5, 0.6) is 5.75 Å². The van der Waals surface area contributed by atoms with Crippen LogP contribution in [0.2, 0.25) is 0 Å². The second kappa shape index (κ2) is 5.88. The SMILES string of the molecule is CC(=O)c1cccc(OCc2cc(C(=O)O)sc2C)c1. The van der Waals surface area contributed by atoms with E-state index in [1.54, 1.807) is 30.3 Å². The van der Waals surface area contributed by atoms with Gasteiger partial charge in [-0.3, -0.25) is 4.79 Å². The fourth-order valence-corrected chi connectivity index (χ4v) is 2.60. The van der Waals surface area contributed by atoms with E-state index in [9.17, 15) is 9.59 Å². The Labute approximate surface area is 120 Å². The summed E-state index contributed by atoms with van der Waals surface area (Å²) in [6.45, 7) is 3.65. The van der Waals surface area contributed by atoms with Crippen LogP contribution in [0.15, 0.2) is 30.3 Å². The minimum atomic E-state index is -0.928. The Kier molecular flexibility index (Phi) is 4.20. The number of Topliss-reactive ketones (excluding diaryl/α,β-unsaturated/α-hetero) is 1. The summed E-state index contributed by atoms with van der Waals surface area (Å²) >= 11 is 1.23. The summed E-state index contributed by atoms with van der Waals surface area (Å²) in [7, 11) is 0. The van der Waals surface area contributed by atoms with Gasteiger partial charge in [-0.1, -0.05) is 12.1 Å². The number of ether oxygens (including phenoxy) is 1. The predicted molar refractivity (Wildman–Crippen MR) is 76.8 cm³/mol. The largest absolute Gasteiger partial charge is 0.489 e. The highest BCUT2D eigenvalue weighted by molar-refractivity contribution is 7.14. The van der Waals surface area contributed by atoms with E-state index in [-0.39, 0.29) is 12.4 Å². The lowest BCUT2D eigenvalue weighted by atomic mass is 10.1. The number of carboxylic acids is 1. The van der Waals surface area contributed by atoms with Crippen molar-refractivity contribution >= 4 is 23.1 Å². The first-order chi connectivity index (χ1) is 9.47. The third kappa shape index (κ3) is 3.24. The Hall–Kier alpha value is -2.14. The van der Waals surface area contributed by atoms with Gasteiger partial charge in [0.05, 0.1) is 0 Å². The molecule has 0 saturated heterocycles. The maximum Gasteiger partial charge on any atom is 0.345 e. The van der Waals surface area contributed by atoms with Crippen LogP contribution in [0.1, 0.15) is 37.4 Å². The molecular formula is C15H14O4S. The maximum absolute atomic E-state index is 11.3. The maximum atomic E-state index is 11.3. The van der Waals surface area contributed by atoms with Crippen molar-refractivity contribution in [3.63, 3.8) is 0 Å². The van der Waals surface area contributed by atoms with E-state index in [1.807, 2.05) is 6.92 Å². The van der Waals surface area contributed by atoms with Crippen molar-refractivity contribution in [2.24, 2.45) is 0 Å². The molecule has 2 aromatic rings. The zero-order valence-electron chi connectivity index (χ0n) is 11.2. The normalized spacial score (nSPS) is 10.3. The molecular weight excluding hydrogens is 276 g/mol. The Morgan fingerprint density at radius 2 is 2.05 bits per heavy atom. The lowest BCUT2D eigenvalue weighted by molar-refractivity contribution is 0.0701. The molecule has 1 aromatic carbocycles. The monoisotopic (exact) mass is 290 g/mol. The van der Waals surface area contributed by atoms with Crippen LogP contribution in [0.3, 0.4) is 0 Å². The van der Waals surface area contributed by atoms with Crippen LogP contribution >= 0.6 is 11.3 Å². The fraction of sp³-hybridized carbons (Fsp3) is 0.200. The summed E-state index contributed by atoms with van der Waals surface area (Å²) in [5.41, 5.74) is 1.44. The Morgan fingerprint density at radius 1 is 1.30 bits per heavy atom. The molecule has 0 radical (unpaired) electrons. The van der Waals surface area contributed by atoms with Gasteiger partial charge in [0.15, 0.2) is 5.78 Å². The number of thiophene rings is 1. The summed E-state index contributed by atoms with van der Waals surface area (Å²) < 4.78 is 5.62. The van der Waals surface area contributed by atoms with Gasteiger partial charge in [0.2, 0.25) is 0 Å². The summed E-state index contributed by atoms with van der Waals surface area (Å²) in [4.78, 5) is 23.4. The summed E-state index contributed by atoms with van der Waals surface area (Å²) in [5.74, 6) is -0.349. The van der Waals surface area contributed by atoms with E-state index in [4.69, 9.17) is 9.84 Å². The quantitative estimate of drug-likeness (QED) is 0.855. The number of aryl methyl sites for hydroxylation is 1. The molecule has 104 valence electrons. The molecule has 1 N–H and O–H groups in total. The van der Waals surface area contributed by atoms with E-state index in [2.05, 4.69) is 0 Å². The second-order valence-corrected chi connectivity index (χ2v) is 5.63. The molecule has 5 heteroatoms. The van der Waals surface area contributed by atoms with Crippen LogP contribution in [0, 0.1) is 6.92 Å². The number of aromatic carboxylic acids is 1. The molecule has 0 unspecified atom stereocenters. The number of hydrogen-bond acceptors (Lipinski definition) is 4. The van der Waals surface area contributed by atoms with Crippen LogP contribution in [0.25, 0.3) is 0 Å². The van der Waals surface area contributed by atoms with E-state index in [0.29, 0.717) is 16.2 Å². The first-order valence-electron chi connectivity index (χ1n) is 6.04. The first-order valence-corrected chi connectivity index (χ1v) is 6.85. The number of rotatable bonds is 5. The fourth-order valence-electron chi connectivity index (χ4n) is 1.73. The van der Waals surface area contributed by atoms with Gasteiger partial charge in [0, 0.05) is 16.0 Å². The van der Waals surface area contributed by atoms with Crippen LogP contribution < -0.4 is 4.74 Å². The van der Waals surface area contributed by atoms with Gasteiger partial charge < -0.3 is 9.84 Å². The zero-order valence-corrected chi connectivity index (χ0v) is 12.0. The summed E-state index contributed by atoms with van der Waals surface area (Å²) in [5, 5.41) is 8.94. The molecule has 1 aromatic heterocycles. The summed E-state index contributed by atoms with van der Waals surface area (Å²) in [6.07, 6.45) is 0. The van der Waals surface area contributed by atoms with Crippen molar-refractivity contribution in [2.75, 3.05) is 0 Å². The van der Waals surface area contributed by atoms with Crippen molar-refractivity contribution < 1.29 is 19.4 Å². The molecule has 4 nitrogen and oxygen atoms in total. The molecule has 0 fully saturated rings. The van der Waals surface area contributed by atoms with E-state index in [1.165, 1.54) is 18.3 Å². The minimum Gasteiger partial charge on any atom is -0.489 e. The third-order valence-electron chi connectivity index (χ3n) is 2.87. The van der Waals surface area contributed by atoms with Gasteiger partial charge in [0.1, 0.15) is 17.2 Å². The molecule has 0 aliphatic carbocycles. The van der Waals surface area contributed by atoms with Crippen LogP contribution in [0.4, 0.5) is 0 Å². The third-order valence-corrected chi connectivity index (χ3v) is 3.95. The topological polar surface area (TPSA) is 63.6 Å². The van der Waals surface area contributed by atoms with Crippen LogP contribution in [-0.2, 0) is 6.61 Å². The van der Waals surface area contributed by atoms with Crippen LogP contribution in [-0.4, -0.2) is 16.9 Å². The number of carbonyl (C=O) groups is 2. The highest BCUT2D eigenvalue weighted by atomic mass is 32.1. The van der Waals surface area contributed by atoms with Gasteiger partial charge in [-0.25, -0.2) is 4.79 Å². The van der Waals surface area contributed by atoms with Gasteiger partial charge in [-0.15, -0.1) is 11.3 Å². The first kappa shape index (κ1) is 14.3. The molecule has 0 spiro atoms. The van der Waals surface area contributed by atoms with Gasteiger partial charge in [-0.2, -0.15) is 0 Å². The molecule has 0 saturated carbocycles. The Balaban J connectivity index is 2.10. The van der Waals surface area contributed by atoms with Gasteiger partial charge >= 0.3 is 5.97 Å². The minimum absolute atomic E-state index is 0.0182. The van der Waals surface area contributed by atoms with E-state index < -0.39 is 5.97 Å². The molecule has 20 heavy (non-hydrogen) atoms. The number of hydrogen-bond donors (Lipinski definition) is 1. The lowest BCUT2D eigenvalue weighted by Gasteiger charge is -2.06. The van der Waals surface area contributed by atoms with Crippen molar-refractivity contribution in [1.82, 2.24) is 0 Å². The average molecular weight is 290 g/mol. The van der Waals surface area contributed by atoms with Crippen molar-refractivity contribution in [3.05, 3.63) is 51.2 Å². The molecule has 1 heterocycles. The van der Waals surface area contributed by atoms with E-state index in [0.717, 1.165) is 10.4 Å². The molecule has 0 bridgehead atoms. The molecule has 0 atom stereocenters. The van der Waals surface area contributed by atoms with Gasteiger partial charge in [0.25, 0.3) is 0 Å². The zero-order chi connectivity index (χ0) is 14.7. The number of benzene rings is 1. The number of ketones is 1. The van der Waals surface area contributed by atoms with Crippen molar-refractivity contribution in [1.29, 1.82) is 0 Å². The van der Waals surface area contributed by atoms with Crippen molar-refractivity contribution in [2.45, 2.75) is 20.5 Å².